The van der Waals surface area contributed by atoms with E-state index in [9.17, 15) is 10.1 Å². The Bertz CT molecular complexity index is 288. The van der Waals surface area contributed by atoms with Gasteiger partial charge in [0.05, 0.1) is 18.1 Å². The molecular weight excluding hydrogens is 218 g/mol. The number of methoxy groups -OCH3 is 1. The first-order valence-corrected chi connectivity index (χ1v) is 5.60. The number of hydrogen-bond acceptors (Lipinski definition) is 4. The third-order valence-electron chi connectivity index (χ3n) is 2.77. The van der Waals surface area contributed by atoms with Crippen LogP contribution in [0.1, 0.15) is 26.2 Å². The van der Waals surface area contributed by atoms with Crippen LogP contribution >= 0.6 is 0 Å². The Morgan fingerprint density at radius 2 is 2.41 bits per heavy atom. The molecule has 1 unspecified atom stereocenters. The van der Waals surface area contributed by atoms with E-state index in [1.54, 1.807) is 7.11 Å². The highest BCUT2D eigenvalue weighted by Crippen LogP contribution is 2.40. The third-order valence-corrected chi connectivity index (χ3v) is 2.77. The maximum atomic E-state index is 10.6. The van der Waals surface area contributed by atoms with E-state index in [0.29, 0.717) is 25.9 Å². The summed E-state index contributed by atoms with van der Waals surface area (Å²) in [5, 5.41) is 9.23. The van der Waals surface area contributed by atoms with Gasteiger partial charge in [-0.15, -0.1) is 0 Å². The van der Waals surface area contributed by atoms with Gasteiger partial charge in [-0.3, -0.25) is 4.79 Å². The predicted octanol–water partition coefficient (Wildman–Crippen LogP) is 2.03. The Hall–Kier alpha value is -1.08. The Morgan fingerprint density at radius 1 is 1.65 bits per heavy atom. The molecule has 0 amide bonds. The minimum absolute atomic E-state index is 0.281. The van der Waals surface area contributed by atoms with Crippen molar-refractivity contribution in [3.63, 3.8) is 0 Å². The second kappa shape index (κ2) is 6.61. The van der Waals surface area contributed by atoms with Crippen LogP contribution in [0.5, 0.6) is 0 Å². The Morgan fingerprint density at radius 3 is 2.88 bits per heavy atom. The highest BCUT2D eigenvalue weighted by molar-refractivity contribution is 5.65. The zero-order valence-electron chi connectivity index (χ0n) is 10.2. The molecule has 0 spiro atoms. The van der Waals surface area contributed by atoms with Crippen molar-refractivity contribution in [1.29, 1.82) is 5.26 Å². The van der Waals surface area contributed by atoms with Crippen LogP contribution in [0.3, 0.4) is 0 Å². The molecule has 0 N–H and O–H groups in total. The summed E-state index contributed by atoms with van der Waals surface area (Å²) >= 11 is 0. The predicted molar refractivity (Wildman–Crippen MR) is 61.7 cm³/mol. The zero-order valence-corrected chi connectivity index (χ0v) is 10.2. The van der Waals surface area contributed by atoms with Crippen LogP contribution in [-0.2, 0) is 14.3 Å². The fourth-order valence-electron chi connectivity index (χ4n) is 1.74. The van der Waals surface area contributed by atoms with Crippen molar-refractivity contribution >= 4 is 5.97 Å². The van der Waals surface area contributed by atoms with E-state index in [1.165, 1.54) is 6.92 Å². The monoisotopic (exact) mass is 235 g/mol. The second-order valence-electron chi connectivity index (χ2n) is 4.06. The molecule has 0 aliphatic heterocycles. The smallest absolute Gasteiger partial charge is 0.302 e. The summed E-state index contributed by atoms with van der Waals surface area (Å²) in [7, 11) is 1.61. The minimum Gasteiger partial charge on any atom is -0.466 e. The fourth-order valence-corrected chi connectivity index (χ4v) is 1.74. The molecular formula is C13H17NO3. The van der Waals surface area contributed by atoms with Crippen LogP contribution in [0.2, 0.25) is 0 Å². The summed E-state index contributed by atoms with van der Waals surface area (Å²) in [6.45, 7) is 1.75. The molecule has 1 fully saturated rings. The average Bonchev–Trinajstić information content (AvgIpc) is 2.35. The van der Waals surface area contributed by atoms with E-state index in [-0.39, 0.29) is 5.97 Å². The summed E-state index contributed by atoms with van der Waals surface area (Å²) in [5.74, 6) is -0.281. The van der Waals surface area contributed by atoms with E-state index in [4.69, 9.17) is 9.47 Å². The van der Waals surface area contributed by atoms with Gasteiger partial charge in [0.15, 0.2) is 0 Å². The summed E-state index contributed by atoms with van der Waals surface area (Å²) in [5.41, 5.74) is -0.484. The summed E-state index contributed by atoms with van der Waals surface area (Å²) in [4.78, 5) is 10.6. The molecule has 0 aromatic rings. The number of esters is 1. The zero-order chi connectivity index (χ0) is 12.7. The molecule has 1 aliphatic rings. The number of carbonyl (C=O) groups is 1. The molecule has 4 heteroatoms. The van der Waals surface area contributed by atoms with Crippen LogP contribution in [-0.4, -0.2) is 19.7 Å². The van der Waals surface area contributed by atoms with Crippen LogP contribution in [0, 0.1) is 42.1 Å². The Balaban J connectivity index is 2.33. The lowest BCUT2D eigenvalue weighted by atomic mass is 9.71. The number of rotatable bonds is 5. The molecule has 0 saturated heterocycles. The lowest BCUT2D eigenvalue weighted by Gasteiger charge is -2.33. The first kappa shape index (κ1) is 14.0. The van der Waals surface area contributed by atoms with Crippen molar-refractivity contribution in [2.75, 3.05) is 13.7 Å². The van der Waals surface area contributed by atoms with E-state index < -0.39 is 5.41 Å². The summed E-state index contributed by atoms with van der Waals surface area (Å²) < 4.78 is 9.93. The van der Waals surface area contributed by atoms with Gasteiger partial charge in [0.25, 0.3) is 0 Å². The number of nitrogens with zero attached hydrogens (tertiary/aromatic N) is 1. The Kier molecular flexibility index (Phi) is 5.43. The fraction of sp³-hybridized carbons (Fsp3) is 0.538. The van der Waals surface area contributed by atoms with Crippen LogP contribution < -0.4 is 0 Å². The maximum absolute atomic E-state index is 10.6. The van der Waals surface area contributed by atoms with Gasteiger partial charge in [0.1, 0.15) is 6.10 Å². The quantitative estimate of drug-likeness (QED) is 0.540. The van der Waals surface area contributed by atoms with Crippen molar-refractivity contribution in [2.24, 2.45) is 5.41 Å². The van der Waals surface area contributed by atoms with Crippen molar-refractivity contribution in [3.8, 4) is 6.07 Å². The molecule has 0 heterocycles. The topological polar surface area (TPSA) is 59.3 Å². The SMILES string of the molecule is CO[C]1[CH][CH]C(C#N)(CCCOC(C)=O)C[CH]1. The average molecular weight is 235 g/mol. The lowest BCUT2D eigenvalue weighted by Crippen LogP contribution is -2.28. The van der Waals surface area contributed by atoms with Gasteiger partial charge in [0, 0.05) is 20.5 Å². The van der Waals surface area contributed by atoms with Crippen LogP contribution in [0.15, 0.2) is 0 Å². The molecule has 4 radical (unpaired) electrons. The highest BCUT2D eigenvalue weighted by Gasteiger charge is 2.36. The van der Waals surface area contributed by atoms with Gasteiger partial charge in [-0.25, -0.2) is 0 Å². The number of nitriles is 1. The molecule has 1 rings (SSSR count). The molecule has 17 heavy (non-hydrogen) atoms. The first-order chi connectivity index (χ1) is 8.12. The van der Waals surface area contributed by atoms with Gasteiger partial charge < -0.3 is 9.47 Å². The molecule has 1 atom stereocenters. The van der Waals surface area contributed by atoms with Gasteiger partial charge >= 0.3 is 5.97 Å². The summed E-state index contributed by atoms with van der Waals surface area (Å²) in [6, 6.07) is 2.32. The standard InChI is InChI=1S/C13H17NO3/c1-11(15)17-9-3-6-13(10-14)7-4-12(16-2)5-8-13/h4-5,7H,3,6,8-9H2,1-2H3. The molecule has 1 saturated carbocycles. The van der Waals surface area contributed by atoms with Gasteiger partial charge in [-0.05, 0) is 32.1 Å². The molecule has 0 bridgehead atoms. The molecule has 92 valence electrons. The van der Waals surface area contributed by atoms with Crippen molar-refractivity contribution in [1.82, 2.24) is 0 Å². The third kappa shape index (κ3) is 4.35. The van der Waals surface area contributed by atoms with Crippen LogP contribution in [0.4, 0.5) is 0 Å². The second-order valence-corrected chi connectivity index (χ2v) is 4.06. The van der Waals surface area contributed by atoms with Gasteiger partial charge in [0.2, 0.25) is 0 Å². The van der Waals surface area contributed by atoms with Gasteiger partial charge in [-0.1, -0.05) is 0 Å². The van der Waals surface area contributed by atoms with E-state index in [1.807, 2.05) is 19.3 Å². The highest BCUT2D eigenvalue weighted by atomic mass is 16.5. The summed E-state index contributed by atoms with van der Waals surface area (Å²) in [6.07, 6.45) is 8.40. The molecule has 0 aromatic carbocycles. The molecule has 4 nitrogen and oxygen atoms in total. The number of hydrogen-bond donors (Lipinski definition) is 0. The number of ether oxygens (including phenoxy) is 2. The first-order valence-electron chi connectivity index (χ1n) is 5.60. The van der Waals surface area contributed by atoms with E-state index >= 15 is 0 Å². The molecule has 0 aromatic heterocycles. The largest absolute Gasteiger partial charge is 0.466 e. The number of carbonyl (C=O) groups excluding carboxylic acids is 1. The normalized spacial score (nSPS) is 19.6. The van der Waals surface area contributed by atoms with E-state index in [0.717, 1.165) is 6.10 Å². The van der Waals surface area contributed by atoms with Crippen molar-refractivity contribution in [2.45, 2.75) is 26.2 Å². The lowest BCUT2D eigenvalue weighted by molar-refractivity contribution is -0.141. The van der Waals surface area contributed by atoms with Crippen molar-refractivity contribution < 1.29 is 14.3 Å². The Labute approximate surface area is 103 Å². The van der Waals surface area contributed by atoms with E-state index in [2.05, 4.69) is 6.07 Å². The van der Waals surface area contributed by atoms with Crippen LogP contribution in [0.25, 0.3) is 0 Å². The minimum atomic E-state index is -0.484. The molecule has 1 aliphatic carbocycles. The maximum Gasteiger partial charge on any atom is 0.302 e. The van der Waals surface area contributed by atoms with Gasteiger partial charge in [-0.2, -0.15) is 5.26 Å². The van der Waals surface area contributed by atoms with Crippen molar-refractivity contribution in [3.05, 3.63) is 25.4 Å².